The van der Waals surface area contributed by atoms with E-state index in [9.17, 15) is 24.0 Å². The molecule has 0 aromatic carbocycles. The number of nitrogens with one attached hydrogen (secondary N) is 2. The number of esters is 2. The summed E-state index contributed by atoms with van der Waals surface area (Å²) in [6.07, 6.45) is 1.93. The Kier molecular flexibility index (Phi) is 6.07. The summed E-state index contributed by atoms with van der Waals surface area (Å²) in [5.74, 6) is -3.02. The number of rotatable bonds is 6. The first kappa shape index (κ1) is 19.8. The zero-order chi connectivity index (χ0) is 20.1. The molecule has 0 aliphatic heterocycles. The van der Waals surface area contributed by atoms with Crippen molar-refractivity contribution in [3.63, 3.8) is 0 Å². The quantitative estimate of drug-likeness (QED) is 0.319. The maximum Gasteiger partial charge on any atom is 0.347 e. The molecule has 1 aliphatic rings. The number of ketones is 2. The van der Waals surface area contributed by atoms with Gasteiger partial charge in [-0.1, -0.05) is 0 Å². The second kappa shape index (κ2) is 8.26. The van der Waals surface area contributed by atoms with Gasteiger partial charge in [0.1, 0.15) is 5.69 Å². The highest BCUT2D eigenvalue weighted by atomic mass is 16.6. The number of aromatic nitrogens is 1. The molecule has 1 aliphatic carbocycles. The second-order valence-electron chi connectivity index (χ2n) is 5.46. The molecule has 2 rings (SSSR count). The maximum atomic E-state index is 12.6. The summed E-state index contributed by atoms with van der Waals surface area (Å²) in [7, 11) is 0. The molecule has 1 aromatic heterocycles. The molecule has 0 saturated heterocycles. The topological polar surface area (TPSA) is 132 Å². The van der Waals surface area contributed by atoms with Crippen molar-refractivity contribution < 1.29 is 28.7 Å². The third-order valence-corrected chi connectivity index (χ3v) is 3.60. The fourth-order valence-electron chi connectivity index (χ4n) is 2.44. The molecule has 0 fully saturated rings. The highest BCUT2D eigenvalue weighted by Gasteiger charge is 2.29. The number of Topliss-reactive ketones (excluding diaryl/α,β-unsaturated/α-hetero) is 1. The monoisotopic (exact) mass is 374 g/mol. The first-order valence-electron chi connectivity index (χ1n) is 8.15. The van der Waals surface area contributed by atoms with E-state index in [0.717, 1.165) is 12.3 Å². The van der Waals surface area contributed by atoms with Crippen molar-refractivity contribution in [1.82, 2.24) is 10.3 Å². The minimum Gasteiger partial charge on any atom is -0.462 e. The van der Waals surface area contributed by atoms with E-state index in [4.69, 9.17) is 9.47 Å². The standard InChI is InChI=1S/C18H18N2O7/c1-4-26-17(24)10(18(25)27-5-2)8-19-11-7-12(21)15-14(16(11)23)9(3)6-13(22)20-15/h6-8,19H,4-5H2,1-3H3,(H,20,22). The minimum absolute atomic E-state index is 0.0373. The van der Waals surface area contributed by atoms with Gasteiger partial charge < -0.3 is 19.8 Å². The van der Waals surface area contributed by atoms with Crippen LogP contribution in [0, 0.1) is 6.92 Å². The number of pyridine rings is 1. The van der Waals surface area contributed by atoms with Crippen molar-refractivity contribution in [1.29, 1.82) is 0 Å². The lowest BCUT2D eigenvalue weighted by Gasteiger charge is -2.16. The van der Waals surface area contributed by atoms with Gasteiger partial charge in [-0.15, -0.1) is 0 Å². The number of fused-ring (bicyclic) bond motifs is 1. The van der Waals surface area contributed by atoms with Gasteiger partial charge in [0.05, 0.1) is 24.5 Å². The highest BCUT2D eigenvalue weighted by molar-refractivity contribution is 6.24. The van der Waals surface area contributed by atoms with Crippen LogP contribution in [0.4, 0.5) is 0 Å². The smallest absolute Gasteiger partial charge is 0.347 e. The lowest BCUT2D eigenvalue weighted by Crippen LogP contribution is -2.29. The number of carbonyl (C=O) groups is 4. The number of aryl methyl sites for hydroxylation is 1. The highest BCUT2D eigenvalue weighted by Crippen LogP contribution is 2.20. The maximum absolute atomic E-state index is 12.6. The van der Waals surface area contributed by atoms with E-state index in [1.54, 1.807) is 13.8 Å². The Bertz CT molecular complexity index is 918. The van der Waals surface area contributed by atoms with E-state index in [1.165, 1.54) is 13.0 Å². The van der Waals surface area contributed by atoms with Gasteiger partial charge in [-0.2, -0.15) is 0 Å². The van der Waals surface area contributed by atoms with Crippen LogP contribution in [0.15, 0.2) is 34.4 Å². The van der Waals surface area contributed by atoms with Gasteiger partial charge in [-0.05, 0) is 26.3 Å². The first-order chi connectivity index (χ1) is 12.8. The zero-order valence-corrected chi connectivity index (χ0v) is 15.0. The van der Waals surface area contributed by atoms with Crippen LogP contribution in [0.5, 0.6) is 0 Å². The van der Waals surface area contributed by atoms with Crippen LogP contribution in [-0.4, -0.2) is 41.7 Å². The predicted octanol–water partition coefficient (Wildman–Crippen LogP) is 0.546. The molecule has 0 amide bonds. The second-order valence-corrected chi connectivity index (χ2v) is 5.46. The molecule has 1 heterocycles. The Labute approximate surface area is 154 Å². The molecule has 0 radical (unpaired) electrons. The van der Waals surface area contributed by atoms with Crippen LogP contribution in [-0.2, 0) is 19.1 Å². The van der Waals surface area contributed by atoms with Crippen LogP contribution < -0.4 is 10.9 Å². The van der Waals surface area contributed by atoms with Gasteiger partial charge in [0.15, 0.2) is 5.57 Å². The van der Waals surface area contributed by atoms with Crippen molar-refractivity contribution in [2.45, 2.75) is 20.8 Å². The number of ether oxygens (including phenoxy) is 2. The van der Waals surface area contributed by atoms with Gasteiger partial charge in [0.25, 0.3) is 0 Å². The molecule has 0 atom stereocenters. The Hall–Kier alpha value is -3.49. The van der Waals surface area contributed by atoms with Crippen molar-refractivity contribution in [2.24, 2.45) is 0 Å². The largest absolute Gasteiger partial charge is 0.462 e. The molecule has 9 heteroatoms. The van der Waals surface area contributed by atoms with Crippen molar-refractivity contribution in [3.05, 3.63) is 56.8 Å². The average molecular weight is 374 g/mol. The Balaban J connectivity index is 2.38. The number of carbonyl (C=O) groups excluding carboxylic acids is 4. The number of H-pyrrole nitrogens is 1. The van der Waals surface area contributed by atoms with Crippen LogP contribution in [0.3, 0.4) is 0 Å². The Morgan fingerprint density at radius 1 is 1.11 bits per heavy atom. The third kappa shape index (κ3) is 4.20. The molecule has 0 bridgehead atoms. The van der Waals surface area contributed by atoms with Crippen LogP contribution in [0.2, 0.25) is 0 Å². The van der Waals surface area contributed by atoms with Gasteiger partial charge in [-0.3, -0.25) is 14.4 Å². The fourth-order valence-corrected chi connectivity index (χ4v) is 2.44. The molecule has 0 spiro atoms. The molecule has 1 aromatic rings. The summed E-state index contributed by atoms with van der Waals surface area (Å²) in [6, 6.07) is 1.20. The summed E-state index contributed by atoms with van der Waals surface area (Å²) in [6.45, 7) is 4.74. The van der Waals surface area contributed by atoms with Gasteiger partial charge >= 0.3 is 11.9 Å². The molecule has 2 N–H and O–H groups in total. The van der Waals surface area contributed by atoms with E-state index in [1.807, 2.05) is 0 Å². The van der Waals surface area contributed by atoms with Crippen LogP contribution in [0.25, 0.3) is 0 Å². The lowest BCUT2D eigenvalue weighted by atomic mass is 9.93. The number of hydrogen-bond donors (Lipinski definition) is 2. The van der Waals surface area contributed by atoms with E-state index in [0.29, 0.717) is 5.56 Å². The lowest BCUT2D eigenvalue weighted by molar-refractivity contribution is -0.146. The van der Waals surface area contributed by atoms with Crippen LogP contribution >= 0.6 is 0 Å². The number of allylic oxidation sites excluding steroid dienone is 2. The van der Waals surface area contributed by atoms with E-state index in [2.05, 4.69) is 10.3 Å². The van der Waals surface area contributed by atoms with Crippen LogP contribution in [0.1, 0.15) is 40.3 Å². The SMILES string of the molecule is CCOC(=O)C(=CNC1=CC(=O)c2[nH]c(=O)cc(C)c2C1=O)C(=O)OCC. The van der Waals surface area contributed by atoms with Crippen molar-refractivity contribution in [2.75, 3.05) is 13.2 Å². The Morgan fingerprint density at radius 3 is 2.26 bits per heavy atom. The molecular weight excluding hydrogens is 356 g/mol. The third-order valence-electron chi connectivity index (χ3n) is 3.60. The summed E-state index contributed by atoms with van der Waals surface area (Å²) < 4.78 is 9.58. The van der Waals surface area contributed by atoms with E-state index >= 15 is 0 Å². The number of hydrogen-bond acceptors (Lipinski definition) is 8. The summed E-state index contributed by atoms with van der Waals surface area (Å²) in [5.41, 5.74) is -0.830. The van der Waals surface area contributed by atoms with Gasteiger partial charge in [0.2, 0.25) is 17.1 Å². The van der Waals surface area contributed by atoms with Crippen molar-refractivity contribution >= 4 is 23.5 Å². The molecular formula is C18H18N2O7. The van der Waals surface area contributed by atoms with E-state index in [-0.39, 0.29) is 30.2 Å². The van der Waals surface area contributed by atoms with Crippen molar-refractivity contribution in [3.8, 4) is 0 Å². The predicted molar refractivity (Wildman–Crippen MR) is 93.0 cm³/mol. The van der Waals surface area contributed by atoms with Gasteiger partial charge in [-0.25, -0.2) is 9.59 Å². The fraction of sp³-hybridized carbons (Fsp3) is 0.278. The first-order valence-corrected chi connectivity index (χ1v) is 8.15. The molecule has 9 nitrogen and oxygen atoms in total. The van der Waals surface area contributed by atoms with E-state index < -0.39 is 34.6 Å². The molecule has 0 saturated carbocycles. The zero-order valence-electron chi connectivity index (χ0n) is 15.0. The molecule has 142 valence electrons. The molecule has 0 unspecified atom stereocenters. The molecule has 27 heavy (non-hydrogen) atoms. The average Bonchev–Trinajstić information content (AvgIpc) is 2.59. The van der Waals surface area contributed by atoms with Gasteiger partial charge in [0, 0.05) is 18.3 Å². The Morgan fingerprint density at radius 2 is 1.70 bits per heavy atom. The normalized spacial score (nSPS) is 12.6. The summed E-state index contributed by atoms with van der Waals surface area (Å²) in [5, 5.41) is 2.50. The number of aromatic amines is 1. The summed E-state index contributed by atoms with van der Waals surface area (Å²) >= 11 is 0. The minimum atomic E-state index is -0.931. The summed E-state index contributed by atoms with van der Waals surface area (Å²) in [4.78, 5) is 62.6.